The molecule has 4 nitrogen and oxygen atoms in total. The molecule has 0 aromatic heterocycles. The van der Waals surface area contributed by atoms with Gasteiger partial charge >= 0.3 is 0 Å². The van der Waals surface area contributed by atoms with Crippen LogP contribution in [0.2, 0.25) is 5.02 Å². The molecule has 5 heteroatoms. The summed E-state index contributed by atoms with van der Waals surface area (Å²) in [4.78, 5) is 12.5. The maximum absolute atomic E-state index is 12.5. The molecule has 2 N–H and O–H groups in total. The van der Waals surface area contributed by atoms with E-state index in [9.17, 15) is 4.79 Å². The molecule has 2 unspecified atom stereocenters. The second-order valence-corrected chi connectivity index (χ2v) is 8.05. The van der Waals surface area contributed by atoms with Gasteiger partial charge in [0.05, 0.1) is 6.42 Å². The molecule has 2 fully saturated rings. The second-order valence-electron chi connectivity index (χ2n) is 7.62. The highest BCUT2D eigenvalue weighted by Gasteiger charge is 2.33. The summed E-state index contributed by atoms with van der Waals surface area (Å²) in [5.74, 6) is 0.855. The van der Waals surface area contributed by atoms with Gasteiger partial charge in [0.25, 0.3) is 0 Å². The minimum absolute atomic E-state index is 0.0910. The molecule has 1 amide bonds. The summed E-state index contributed by atoms with van der Waals surface area (Å²) in [6.45, 7) is 0.452. The van der Waals surface area contributed by atoms with Gasteiger partial charge in [-0.05, 0) is 61.1 Å². The first-order chi connectivity index (χ1) is 13.1. The van der Waals surface area contributed by atoms with Crippen molar-refractivity contribution < 1.29 is 9.53 Å². The van der Waals surface area contributed by atoms with Crippen LogP contribution in [0, 0.1) is 0 Å². The quantitative estimate of drug-likeness (QED) is 0.795. The Hall–Kier alpha value is -2.04. The van der Waals surface area contributed by atoms with Gasteiger partial charge in [-0.1, -0.05) is 35.9 Å². The lowest BCUT2D eigenvalue weighted by Gasteiger charge is -2.29. The van der Waals surface area contributed by atoms with Crippen LogP contribution in [0.25, 0.3) is 0 Å². The van der Waals surface area contributed by atoms with Crippen molar-refractivity contribution in [3.63, 3.8) is 0 Å². The molecule has 2 heterocycles. The number of nitrogens with one attached hydrogen (secondary N) is 2. The predicted octanol–water partition coefficient (Wildman–Crippen LogP) is 3.86. The van der Waals surface area contributed by atoms with Crippen molar-refractivity contribution in [3.05, 3.63) is 64.7 Å². The first kappa shape index (κ1) is 18.3. The largest absolute Gasteiger partial charge is 0.489 e. The second kappa shape index (κ2) is 8.32. The van der Waals surface area contributed by atoms with Gasteiger partial charge in [0.1, 0.15) is 12.4 Å². The zero-order chi connectivity index (χ0) is 18.6. The van der Waals surface area contributed by atoms with Gasteiger partial charge in [-0.2, -0.15) is 0 Å². The Bertz CT molecular complexity index is 798. The molecule has 0 saturated carbocycles. The molecule has 2 aromatic carbocycles. The summed E-state index contributed by atoms with van der Waals surface area (Å²) in [7, 11) is 0. The van der Waals surface area contributed by atoms with E-state index in [1.54, 1.807) is 0 Å². The fraction of sp³-hybridized carbons (Fsp3) is 0.409. The summed E-state index contributed by atoms with van der Waals surface area (Å²) >= 11 is 6.01. The fourth-order valence-corrected chi connectivity index (χ4v) is 4.39. The average molecular weight is 385 g/mol. The van der Waals surface area contributed by atoms with E-state index in [0.29, 0.717) is 36.2 Å². The first-order valence-corrected chi connectivity index (χ1v) is 10.0. The fourth-order valence-electron chi connectivity index (χ4n) is 4.18. The highest BCUT2D eigenvalue weighted by molar-refractivity contribution is 6.30. The third kappa shape index (κ3) is 5.02. The van der Waals surface area contributed by atoms with Crippen molar-refractivity contribution in [1.29, 1.82) is 0 Å². The van der Waals surface area contributed by atoms with Crippen molar-refractivity contribution in [3.8, 4) is 5.75 Å². The van der Waals surface area contributed by atoms with Crippen LogP contribution in [0.15, 0.2) is 48.5 Å². The van der Waals surface area contributed by atoms with Crippen molar-refractivity contribution in [2.75, 3.05) is 0 Å². The lowest BCUT2D eigenvalue weighted by molar-refractivity contribution is -0.121. The predicted molar refractivity (Wildman–Crippen MR) is 107 cm³/mol. The number of carbonyl (C=O) groups is 1. The molecule has 2 aliphatic rings. The molecular formula is C22H25ClN2O2. The van der Waals surface area contributed by atoms with E-state index in [1.807, 2.05) is 48.5 Å². The normalized spacial score (nSPS) is 23.8. The first-order valence-electron chi connectivity index (χ1n) is 9.65. The molecule has 2 saturated heterocycles. The summed E-state index contributed by atoms with van der Waals surface area (Å²) in [5, 5.41) is 7.52. The van der Waals surface area contributed by atoms with Crippen LogP contribution in [0.4, 0.5) is 0 Å². The number of carbonyl (C=O) groups excluding carboxylic acids is 1. The van der Waals surface area contributed by atoms with Gasteiger partial charge in [0.15, 0.2) is 0 Å². The van der Waals surface area contributed by atoms with Crippen LogP contribution in [0.5, 0.6) is 5.75 Å². The van der Waals surface area contributed by atoms with Gasteiger partial charge in [-0.3, -0.25) is 4.79 Å². The Morgan fingerprint density at radius 1 is 1.07 bits per heavy atom. The minimum atomic E-state index is 0.0910. The molecule has 2 atom stereocenters. The maximum Gasteiger partial charge on any atom is 0.224 e. The summed E-state index contributed by atoms with van der Waals surface area (Å²) < 4.78 is 5.86. The number of halogens is 1. The molecular weight excluding hydrogens is 360 g/mol. The van der Waals surface area contributed by atoms with E-state index >= 15 is 0 Å². The van der Waals surface area contributed by atoms with E-state index in [0.717, 1.165) is 29.7 Å². The lowest BCUT2D eigenvalue weighted by atomic mass is 9.99. The number of ether oxygens (including phenoxy) is 1. The molecule has 0 aliphatic carbocycles. The van der Waals surface area contributed by atoms with Crippen LogP contribution in [-0.4, -0.2) is 24.0 Å². The Balaban J connectivity index is 1.30. The smallest absolute Gasteiger partial charge is 0.224 e. The van der Waals surface area contributed by atoms with Crippen LogP contribution >= 0.6 is 11.6 Å². The number of hydrogen-bond donors (Lipinski definition) is 2. The van der Waals surface area contributed by atoms with Gasteiger partial charge in [0, 0.05) is 23.1 Å². The SMILES string of the molecule is O=C(Cc1cccc(OCc2cccc(Cl)c2)c1)NC1CC2CCC(C1)N2. The van der Waals surface area contributed by atoms with Gasteiger partial charge in [-0.25, -0.2) is 0 Å². The zero-order valence-corrected chi connectivity index (χ0v) is 16.0. The van der Waals surface area contributed by atoms with Gasteiger partial charge < -0.3 is 15.4 Å². The van der Waals surface area contributed by atoms with E-state index < -0.39 is 0 Å². The Morgan fingerprint density at radius 3 is 2.59 bits per heavy atom. The summed E-state index contributed by atoms with van der Waals surface area (Å²) in [5.41, 5.74) is 1.99. The number of piperidine rings is 1. The molecule has 27 heavy (non-hydrogen) atoms. The van der Waals surface area contributed by atoms with Crippen molar-refractivity contribution >= 4 is 17.5 Å². The van der Waals surface area contributed by atoms with E-state index in [-0.39, 0.29) is 5.91 Å². The van der Waals surface area contributed by atoms with E-state index in [4.69, 9.17) is 16.3 Å². The number of fused-ring (bicyclic) bond motifs is 2. The van der Waals surface area contributed by atoms with E-state index in [2.05, 4.69) is 10.6 Å². The molecule has 2 aromatic rings. The van der Waals surface area contributed by atoms with Crippen LogP contribution in [-0.2, 0) is 17.8 Å². The number of benzene rings is 2. The Kier molecular flexibility index (Phi) is 5.65. The third-order valence-electron chi connectivity index (χ3n) is 5.40. The third-order valence-corrected chi connectivity index (χ3v) is 5.63. The molecule has 0 spiro atoms. The highest BCUT2D eigenvalue weighted by Crippen LogP contribution is 2.27. The monoisotopic (exact) mass is 384 g/mol. The van der Waals surface area contributed by atoms with Crippen LogP contribution in [0.1, 0.15) is 36.8 Å². The summed E-state index contributed by atoms with van der Waals surface area (Å²) in [6.07, 6.45) is 4.95. The van der Waals surface area contributed by atoms with E-state index in [1.165, 1.54) is 12.8 Å². The number of rotatable bonds is 6. The van der Waals surface area contributed by atoms with Crippen molar-refractivity contribution in [2.24, 2.45) is 0 Å². The molecule has 2 bridgehead atoms. The Labute approximate surface area is 165 Å². The van der Waals surface area contributed by atoms with Crippen molar-refractivity contribution in [2.45, 2.75) is 56.8 Å². The Morgan fingerprint density at radius 2 is 1.81 bits per heavy atom. The topological polar surface area (TPSA) is 50.4 Å². The zero-order valence-electron chi connectivity index (χ0n) is 15.3. The molecule has 4 rings (SSSR count). The number of amides is 1. The minimum Gasteiger partial charge on any atom is -0.489 e. The molecule has 142 valence electrons. The molecule has 0 radical (unpaired) electrons. The summed E-state index contributed by atoms with van der Waals surface area (Å²) in [6, 6.07) is 16.9. The average Bonchev–Trinajstić information content (AvgIpc) is 2.99. The van der Waals surface area contributed by atoms with Crippen LogP contribution in [0.3, 0.4) is 0 Å². The van der Waals surface area contributed by atoms with Gasteiger partial charge in [-0.15, -0.1) is 0 Å². The lowest BCUT2D eigenvalue weighted by Crippen LogP contribution is -2.48. The molecule has 2 aliphatic heterocycles. The van der Waals surface area contributed by atoms with Gasteiger partial charge in [0.2, 0.25) is 5.91 Å². The van der Waals surface area contributed by atoms with Crippen LogP contribution < -0.4 is 15.4 Å². The maximum atomic E-state index is 12.5. The highest BCUT2D eigenvalue weighted by atomic mass is 35.5. The number of hydrogen-bond acceptors (Lipinski definition) is 3. The van der Waals surface area contributed by atoms with Crippen molar-refractivity contribution in [1.82, 2.24) is 10.6 Å². The standard InChI is InChI=1S/C22H25ClN2O2/c23-17-5-1-4-16(9-17)14-27-21-6-2-3-15(10-21)11-22(26)25-20-12-18-7-8-19(13-20)24-18/h1-6,9-10,18-20,24H,7-8,11-14H2,(H,25,26).